The van der Waals surface area contributed by atoms with Gasteiger partial charge in [0.15, 0.2) is 0 Å². The lowest BCUT2D eigenvalue weighted by Gasteiger charge is -2.14. The van der Waals surface area contributed by atoms with Gasteiger partial charge in [0.25, 0.3) is 0 Å². The minimum absolute atomic E-state index is 1.12. The van der Waals surface area contributed by atoms with Crippen molar-refractivity contribution < 1.29 is 0 Å². The molecule has 0 atom stereocenters. The predicted molar refractivity (Wildman–Crippen MR) is 244 cm³/mol. The minimum Gasteiger partial charge on any atom is -0.309 e. The Morgan fingerprint density at radius 1 is 0.172 bits per heavy atom. The number of hydrogen-bond acceptors (Lipinski definition) is 0. The van der Waals surface area contributed by atoms with Gasteiger partial charge in [-0.05, 0) is 78.9 Å². The second-order valence-electron chi connectivity index (χ2n) is 15.4. The molecule has 9 aromatic carbocycles. The smallest absolute Gasteiger partial charge is 0.0561 e. The molecule has 4 nitrogen and oxygen atoms in total. The van der Waals surface area contributed by atoms with E-state index in [0.717, 1.165) is 22.7 Å². The van der Waals surface area contributed by atoms with E-state index in [9.17, 15) is 0 Å². The van der Waals surface area contributed by atoms with Gasteiger partial charge in [-0.1, -0.05) is 127 Å². The standard InChI is InChI=1S/C54H34N4/c1-7-22-47-39(16-1)40-17-2-8-23-48(40)55(47)37-28-30-45-43-20-5-11-26-51(43)57(53(45)33-37)35-14-13-15-36(32-35)58-52-27-12-6-21-44(52)46-31-29-38(34-54(46)58)56-49-24-9-3-18-41(49)42-19-4-10-25-50(42)56/h1-34H. The molecule has 4 aromatic heterocycles. The fraction of sp³-hybridized carbons (Fsp3) is 0. The van der Waals surface area contributed by atoms with Crippen LogP contribution in [0.25, 0.3) is 110 Å². The molecule has 0 amide bonds. The molecule has 0 aliphatic carbocycles. The van der Waals surface area contributed by atoms with Crippen molar-refractivity contribution in [2.24, 2.45) is 0 Å². The Balaban J connectivity index is 1.05. The van der Waals surface area contributed by atoms with E-state index in [2.05, 4.69) is 225 Å². The van der Waals surface area contributed by atoms with E-state index in [0.29, 0.717) is 0 Å². The van der Waals surface area contributed by atoms with Gasteiger partial charge in [0.1, 0.15) is 0 Å². The summed E-state index contributed by atoms with van der Waals surface area (Å²) in [7, 11) is 0. The zero-order chi connectivity index (χ0) is 37.9. The first-order valence-corrected chi connectivity index (χ1v) is 19.9. The van der Waals surface area contributed by atoms with Gasteiger partial charge in [-0.3, -0.25) is 0 Å². The van der Waals surface area contributed by atoms with Crippen LogP contribution in [0.3, 0.4) is 0 Å². The van der Waals surface area contributed by atoms with Crippen LogP contribution in [0.15, 0.2) is 206 Å². The predicted octanol–water partition coefficient (Wildman–Crippen LogP) is 14.1. The van der Waals surface area contributed by atoms with Crippen LogP contribution in [-0.4, -0.2) is 18.3 Å². The summed E-state index contributed by atoms with van der Waals surface area (Å²) in [6, 6.07) is 75.5. The van der Waals surface area contributed by atoms with Crippen LogP contribution in [0, 0.1) is 0 Å². The van der Waals surface area contributed by atoms with Gasteiger partial charge in [-0.2, -0.15) is 0 Å². The Hall–Kier alpha value is -7.82. The van der Waals surface area contributed by atoms with Crippen molar-refractivity contribution in [2.45, 2.75) is 0 Å². The Bertz CT molecular complexity index is 3460. The highest BCUT2D eigenvalue weighted by Crippen LogP contribution is 2.40. The van der Waals surface area contributed by atoms with Gasteiger partial charge in [0.2, 0.25) is 0 Å². The summed E-state index contributed by atoms with van der Waals surface area (Å²) in [5.74, 6) is 0. The van der Waals surface area contributed by atoms with E-state index < -0.39 is 0 Å². The van der Waals surface area contributed by atoms with E-state index >= 15 is 0 Å². The average molecular weight is 739 g/mol. The highest BCUT2D eigenvalue weighted by molar-refractivity contribution is 6.14. The third kappa shape index (κ3) is 4.29. The Morgan fingerprint density at radius 3 is 0.724 bits per heavy atom. The number of para-hydroxylation sites is 6. The molecule has 0 N–H and O–H groups in total. The van der Waals surface area contributed by atoms with Gasteiger partial charge in [0.05, 0.1) is 44.1 Å². The van der Waals surface area contributed by atoms with Crippen molar-refractivity contribution in [3.63, 3.8) is 0 Å². The second kappa shape index (κ2) is 11.8. The molecule has 0 fully saturated rings. The summed E-state index contributed by atoms with van der Waals surface area (Å²) < 4.78 is 9.72. The molecule has 58 heavy (non-hydrogen) atoms. The fourth-order valence-electron chi connectivity index (χ4n) is 9.93. The number of fused-ring (bicyclic) bond motifs is 12. The minimum atomic E-state index is 1.12. The first-order valence-electron chi connectivity index (χ1n) is 19.9. The molecule has 0 bridgehead atoms. The number of rotatable bonds is 4. The number of benzene rings is 9. The van der Waals surface area contributed by atoms with Gasteiger partial charge in [-0.25, -0.2) is 0 Å². The van der Waals surface area contributed by atoms with Crippen LogP contribution in [0.5, 0.6) is 0 Å². The molecule has 0 aliphatic rings. The Labute approximate surface area is 333 Å². The number of hydrogen-bond donors (Lipinski definition) is 0. The molecule has 4 heterocycles. The second-order valence-corrected chi connectivity index (χ2v) is 15.4. The molecule has 270 valence electrons. The molecule has 13 aromatic rings. The molecule has 0 spiro atoms. The van der Waals surface area contributed by atoms with Crippen LogP contribution in [0.2, 0.25) is 0 Å². The molecule has 0 radical (unpaired) electrons. The van der Waals surface area contributed by atoms with E-state index in [1.54, 1.807) is 0 Å². The SMILES string of the molecule is c1cc(-n2c3ccccc3c3ccc(-n4c5ccccc5c5ccccc54)cc32)cc(-n2c3ccccc3c3ccc(-n4c5ccccc5c5ccccc54)cc32)c1. The fourth-order valence-corrected chi connectivity index (χ4v) is 9.93. The number of nitrogens with zero attached hydrogens (tertiary/aromatic N) is 4. The summed E-state index contributed by atoms with van der Waals surface area (Å²) in [6.07, 6.45) is 0. The summed E-state index contributed by atoms with van der Waals surface area (Å²) in [6.45, 7) is 0. The normalized spacial score (nSPS) is 12.1. The third-order valence-electron chi connectivity index (χ3n) is 12.3. The van der Waals surface area contributed by atoms with E-state index in [4.69, 9.17) is 0 Å². The molecule has 0 unspecified atom stereocenters. The van der Waals surface area contributed by atoms with Crippen LogP contribution >= 0.6 is 0 Å². The van der Waals surface area contributed by atoms with Crippen LogP contribution < -0.4 is 0 Å². The monoisotopic (exact) mass is 738 g/mol. The largest absolute Gasteiger partial charge is 0.309 e. The summed E-state index contributed by atoms with van der Waals surface area (Å²) >= 11 is 0. The van der Waals surface area contributed by atoms with Crippen LogP contribution in [-0.2, 0) is 0 Å². The van der Waals surface area contributed by atoms with Crippen molar-refractivity contribution in [3.8, 4) is 22.7 Å². The number of aromatic nitrogens is 4. The molecular formula is C54H34N4. The van der Waals surface area contributed by atoms with Crippen molar-refractivity contribution in [3.05, 3.63) is 206 Å². The summed E-state index contributed by atoms with van der Waals surface area (Å²) in [4.78, 5) is 0. The zero-order valence-electron chi connectivity index (χ0n) is 31.4. The molecule has 0 saturated heterocycles. The average Bonchev–Trinajstić information content (AvgIpc) is 4.01. The van der Waals surface area contributed by atoms with Crippen molar-refractivity contribution in [1.29, 1.82) is 0 Å². The van der Waals surface area contributed by atoms with Gasteiger partial charge < -0.3 is 18.3 Å². The van der Waals surface area contributed by atoms with E-state index in [-0.39, 0.29) is 0 Å². The topological polar surface area (TPSA) is 19.7 Å². The lowest BCUT2D eigenvalue weighted by atomic mass is 10.1. The molecular weight excluding hydrogens is 705 g/mol. The highest BCUT2D eigenvalue weighted by atomic mass is 15.0. The molecule has 4 heteroatoms. The lowest BCUT2D eigenvalue weighted by molar-refractivity contribution is 1.12. The van der Waals surface area contributed by atoms with Gasteiger partial charge in [0, 0.05) is 65.8 Å². The Kier molecular flexibility index (Phi) is 6.41. The van der Waals surface area contributed by atoms with Gasteiger partial charge in [-0.15, -0.1) is 0 Å². The summed E-state index contributed by atoms with van der Waals surface area (Å²) in [5, 5.41) is 10.0. The summed E-state index contributed by atoms with van der Waals surface area (Å²) in [5.41, 5.74) is 14.1. The van der Waals surface area contributed by atoms with E-state index in [1.807, 2.05) is 0 Å². The first kappa shape index (κ1) is 31.4. The van der Waals surface area contributed by atoms with Crippen molar-refractivity contribution >= 4 is 87.2 Å². The highest BCUT2D eigenvalue weighted by Gasteiger charge is 2.19. The molecule has 0 aliphatic heterocycles. The third-order valence-corrected chi connectivity index (χ3v) is 12.3. The molecule has 0 saturated carbocycles. The van der Waals surface area contributed by atoms with Crippen LogP contribution in [0.4, 0.5) is 0 Å². The first-order chi connectivity index (χ1) is 28.8. The maximum Gasteiger partial charge on any atom is 0.0561 e. The van der Waals surface area contributed by atoms with Crippen molar-refractivity contribution in [2.75, 3.05) is 0 Å². The van der Waals surface area contributed by atoms with Crippen LogP contribution in [0.1, 0.15) is 0 Å². The maximum absolute atomic E-state index is 2.45. The Morgan fingerprint density at radius 2 is 0.414 bits per heavy atom. The van der Waals surface area contributed by atoms with Gasteiger partial charge >= 0.3 is 0 Å². The maximum atomic E-state index is 2.45. The molecule has 13 rings (SSSR count). The zero-order valence-corrected chi connectivity index (χ0v) is 31.4. The van der Waals surface area contributed by atoms with Crippen molar-refractivity contribution in [1.82, 2.24) is 18.3 Å². The quantitative estimate of drug-likeness (QED) is 0.171. The van der Waals surface area contributed by atoms with E-state index in [1.165, 1.54) is 87.2 Å². The lowest BCUT2D eigenvalue weighted by Crippen LogP contribution is -2.00.